The number of carbonyl (C=O) groups is 1. The fourth-order valence-electron chi connectivity index (χ4n) is 1.69. The molecule has 19 heavy (non-hydrogen) atoms. The smallest absolute Gasteiger partial charge is 0.251 e. The first-order chi connectivity index (χ1) is 9.19. The molecule has 0 fully saturated rings. The predicted octanol–water partition coefficient (Wildman–Crippen LogP) is 1.81. The molecule has 0 aliphatic heterocycles. The van der Waals surface area contributed by atoms with E-state index in [1.807, 2.05) is 24.3 Å². The Morgan fingerprint density at radius 2 is 1.74 bits per heavy atom. The number of aliphatic hydroxyl groups excluding tert-OH is 1. The van der Waals surface area contributed by atoms with Crippen LogP contribution in [0.1, 0.15) is 21.5 Å². The van der Waals surface area contributed by atoms with Crippen LogP contribution in [0.3, 0.4) is 0 Å². The van der Waals surface area contributed by atoms with E-state index < -0.39 is 0 Å². The minimum absolute atomic E-state index is 0.00985. The van der Waals surface area contributed by atoms with Crippen LogP contribution in [-0.2, 0) is 13.2 Å². The number of benzene rings is 2. The molecule has 0 aliphatic rings. The highest BCUT2D eigenvalue weighted by Crippen LogP contribution is 2.11. The number of hydrogen-bond donors (Lipinski definition) is 3. The second-order valence-electron chi connectivity index (χ2n) is 4.21. The summed E-state index contributed by atoms with van der Waals surface area (Å²) in [5.41, 5.74) is 2.21. The molecular formula is C15H15NO3. The van der Waals surface area contributed by atoms with Crippen LogP contribution in [0.25, 0.3) is 0 Å². The summed E-state index contributed by atoms with van der Waals surface area (Å²) in [5.74, 6) is -0.165. The molecule has 0 atom stereocenters. The molecule has 0 saturated heterocycles. The van der Waals surface area contributed by atoms with Gasteiger partial charge in [-0.05, 0) is 29.3 Å². The number of hydrogen-bond acceptors (Lipinski definition) is 3. The standard InChI is InChI=1S/C15H15NO3/c17-10-12-6-4-11(5-7-12)9-16-15(19)13-2-1-3-14(18)8-13/h1-8,17-18H,9-10H2,(H,16,19). The van der Waals surface area contributed by atoms with Crippen LogP contribution in [0.15, 0.2) is 48.5 Å². The molecule has 98 valence electrons. The quantitative estimate of drug-likeness (QED) is 0.782. The first-order valence-electron chi connectivity index (χ1n) is 5.95. The highest BCUT2D eigenvalue weighted by molar-refractivity contribution is 5.94. The fraction of sp³-hybridized carbons (Fsp3) is 0.133. The monoisotopic (exact) mass is 257 g/mol. The Balaban J connectivity index is 1.96. The van der Waals surface area contributed by atoms with Gasteiger partial charge in [-0.15, -0.1) is 0 Å². The third-order valence-corrected chi connectivity index (χ3v) is 2.77. The number of nitrogens with one attached hydrogen (secondary N) is 1. The van der Waals surface area contributed by atoms with Crippen LogP contribution >= 0.6 is 0 Å². The van der Waals surface area contributed by atoms with E-state index in [0.29, 0.717) is 12.1 Å². The highest BCUT2D eigenvalue weighted by Gasteiger charge is 2.05. The molecule has 0 radical (unpaired) electrons. The van der Waals surface area contributed by atoms with Crippen LogP contribution in [0.4, 0.5) is 0 Å². The Kier molecular flexibility index (Phi) is 4.15. The van der Waals surface area contributed by atoms with E-state index in [4.69, 9.17) is 5.11 Å². The Labute approximate surface area is 111 Å². The average molecular weight is 257 g/mol. The van der Waals surface area contributed by atoms with Gasteiger partial charge >= 0.3 is 0 Å². The molecule has 0 saturated carbocycles. The van der Waals surface area contributed by atoms with Crippen molar-refractivity contribution in [1.82, 2.24) is 5.32 Å². The molecule has 0 unspecified atom stereocenters. The molecule has 4 nitrogen and oxygen atoms in total. The van der Waals surface area contributed by atoms with Gasteiger partial charge in [-0.25, -0.2) is 0 Å². The molecule has 1 amide bonds. The highest BCUT2D eigenvalue weighted by atomic mass is 16.3. The van der Waals surface area contributed by atoms with Crippen molar-refractivity contribution in [3.8, 4) is 5.75 Å². The molecule has 2 aromatic rings. The Morgan fingerprint density at radius 1 is 1.05 bits per heavy atom. The number of rotatable bonds is 4. The number of aromatic hydroxyl groups is 1. The van der Waals surface area contributed by atoms with Crippen molar-refractivity contribution in [2.24, 2.45) is 0 Å². The maximum Gasteiger partial charge on any atom is 0.251 e. The zero-order chi connectivity index (χ0) is 13.7. The summed E-state index contributed by atoms with van der Waals surface area (Å²) >= 11 is 0. The molecule has 2 rings (SSSR count). The van der Waals surface area contributed by atoms with Crippen molar-refractivity contribution >= 4 is 5.91 Å². The second-order valence-corrected chi connectivity index (χ2v) is 4.21. The van der Waals surface area contributed by atoms with Crippen LogP contribution in [0, 0.1) is 0 Å². The van der Waals surface area contributed by atoms with Crippen molar-refractivity contribution in [2.45, 2.75) is 13.2 Å². The summed E-state index contributed by atoms with van der Waals surface area (Å²) in [6.07, 6.45) is 0. The van der Waals surface area contributed by atoms with Gasteiger partial charge in [0.2, 0.25) is 0 Å². The molecular weight excluding hydrogens is 242 g/mol. The lowest BCUT2D eigenvalue weighted by Gasteiger charge is -2.06. The van der Waals surface area contributed by atoms with E-state index in [9.17, 15) is 9.90 Å². The topological polar surface area (TPSA) is 69.6 Å². The minimum atomic E-state index is -0.234. The molecule has 2 aromatic carbocycles. The Hall–Kier alpha value is -2.33. The van der Waals surface area contributed by atoms with Gasteiger partial charge in [-0.3, -0.25) is 4.79 Å². The van der Waals surface area contributed by atoms with Gasteiger partial charge in [0.1, 0.15) is 5.75 Å². The van der Waals surface area contributed by atoms with E-state index in [1.54, 1.807) is 12.1 Å². The molecule has 0 bridgehead atoms. The predicted molar refractivity (Wildman–Crippen MR) is 71.6 cm³/mol. The summed E-state index contributed by atoms with van der Waals surface area (Å²) in [6.45, 7) is 0.413. The SMILES string of the molecule is O=C(NCc1ccc(CO)cc1)c1cccc(O)c1. The molecule has 0 aromatic heterocycles. The first kappa shape index (κ1) is 13.1. The minimum Gasteiger partial charge on any atom is -0.508 e. The fourth-order valence-corrected chi connectivity index (χ4v) is 1.69. The molecule has 0 spiro atoms. The largest absolute Gasteiger partial charge is 0.508 e. The maximum atomic E-state index is 11.8. The first-order valence-corrected chi connectivity index (χ1v) is 5.95. The van der Waals surface area contributed by atoms with Gasteiger partial charge in [0.15, 0.2) is 0 Å². The number of phenolic OH excluding ortho intramolecular Hbond substituents is 1. The lowest BCUT2D eigenvalue weighted by atomic mass is 10.1. The van der Waals surface area contributed by atoms with Crippen molar-refractivity contribution < 1.29 is 15.0 Å². The van der Waals surface area contributed by atoms with Crippen LogP contribution < -0.4 is 5.32 Å². The summed E-state index contributed by atoms with van der Waals surface area (Å²) in [5, 5.41) is 21.0. The number of phenols is 1. The van der Waals surface area contributed by atoms with Crippen LogP contribution in [-0.4, -0.2) is 16.1 Å². The van der Waals surface area contributed by atoms with Gasteiger partial charge < -0.3 is 15.5 Å². The molecule has 4 heteroatoms. The van der Waals surface area contributed by atoms with E-state index in [2.05, 4.69) is 5.32 Å². The van der Waals surface area contributed by atoms with Gasteiger partial charge in [0.25, 0.3) is 5.91 Å². The lowest BCUT2D eigenvalue weighted by molar-refractivity contribution is 0.0950. The van der Waals surface area contributed by atoms with Crippen molar-refractivity contribution in [3.63, 3.8) is 0 Å². The van der Waals surface area contributed by atoms with Gasteiger partial charge in [0, 0.05) is 12.1 Å². The zero-order valence-corrected chi connectivity index (χ0v) is 10.3. The van der Waals surface area contributed by atoms with Crippen molar-refractivity contribution in [1.29, 1.82) is 0 Å². The number of amides is 1. The van der Waals surface area contributed by atoms with Crippen molar-refractivity contribution in [2.75, 3.05) is 0 Å². The normalized spacial score (nSPS) is 10.2. The zero-order valence-electron chi connectivity index (χ0n) is 10.3. The number of carbonyl (C=O) groups excluding carboxylic acids is 1. The van der Waals surface area contributed by atoms with E-state index in [1.165, 1.54) is 12.1 Å². The average Bonchev–Trinajstić information content (AvgIpc) is 2.45. The molecule has 0 heterocycles. The van der Waals surface area contributed by atoms with E-state index >= 15 is 0 Å². The van der Waals surface area contributed by atoms with Gasteiger partial charge in [0.05, 0.1) is 6.61 Å². The number of aliphatic hydroxyl groups is 1. The van der Waals surface area contributed by atoms with Crippen molar-refractivity contribution in [3.05, 3.63) is 65.2 Å². The van der Waals surface area contributed by atoms with Crippen LogP contribution in [0.5, 0.6) is 5.75 Å². The third kappa shape index (κ3) is 3.56. The van der Waals surface area contributed by atoms with Gasteiger partial charge in [-0.1, -0.05) is 30.3 Å². The van der Waals surface area contributed by atoms with E-state index in [-0.39, 0.29) is 18.3 Å². The Morgan fingerprint density at radius 3 is 2.37 bits per heavy atom. The Bertz CT molecular complexity index is 564. The molecule has 3 N–H and O–H groups in total. The van der Waals surface area contributed by atoms with Crippen LogP contribution in [0.2, 0.25) is 0 Å². The second kappa shape index (κ2) is 6.02. The summed E-state index contributed by atoms with van der Waals surface area (Å²) in [6, 6.07) is 13.5. The lowest BCUT2D eigenvalue weighted by Crippen LogP contribution is -2.22. The summed E-state index contributed by atoms with van der Waals surface area (Å²) in [7, 11) is 0. The summed E-state index contributed by atoms with van der Waals surface area (Å²) in [4.78, 5) is 11.8. The molecule has 0 aliphatic carbocycles. The maximum absolute atomic E-state index is 11.8. The van der Waals surface area contributed by atoms with Gasteiger partial charge in [-0.2, -0.15) is 0 Å². The third-order valence-electron chi connectivity index (χ3n) is 2.77. The summed E-state index contributed by atoms with van der Waals surface area (Å²) < 4.78 is 0. The van der Waals surface area contributed by atoms with E-state index in [0.717, 1.165) is 11.1 Å².